The van der Waals surface area contributed by atoms with Crippen LogP contribution >= 0.6 is 0 Å². The topological polar surface area (TPSA) is 105 Å². The third kappa shape index (κ3) is 5.14. The minimum absolute atomic E-state index is 0.0242. The number of carboxylic acids is 1. The van der Waals surface area contributed by atoms with Crippen LogP contribution < -0.4 is 10.6 Å². The molecule has 0 radical (unpaired) electrons. The maximum Gasteiger partial charge on any atom is 0.416 e. The zero-order valence-electron chi connectivity index (χ0n) is 18.4. The van der Waals surface area contributed by atoms with Crippen molar-refractivity contribution in [2.24, 2.45) is 5.10 Å². The van der Waals surface area contributed by atoms with Gasteiger partial charge in [0.2, 0.25) is 0 Å². The third-order valence-corrected chi connectivity index (χ3v) is 5.13. The molecule has 0 aliphatic heterocycles. The average Bonchev–Trinajstić information content (AvgIpc) is 2.86. The third-order valence-electron chi connectivity index (χ3n) is 5.13. The number of aromatic carboxylic acids is 1. The van der Waals surface area contributed by atoms with Gasteiger partial charge in [-0.3, -0.25) is 9.59 Å². The number of carboxylic acid groups (broad SMARTS) is 1. The van der Waals surface area contributed by atoms with E-state index in [4.69, 9.17) is 0 Å². The van der Waals surface area contributed by atoms with Gasteiger partial charge in [-0.1, -0.05) is 54.6 Å². The van der Waals surface area contributed by atoms with E-state index in [1.807, 2.05) is 0 Å². The van der Waals surface area contributed by atoms with Gasteiger partial charge in [0.05, 0.1) is 22.9 Å². The van der Waals surface area contributed by atoms with E-state index >= 15 is 0 Å². The predicted octanol–water partition coefficient (Wildman–Crippen LogP) is 4.18. The number of anilines is 1. The van der Waals surface area contributed by atoms with Crippen molar-refractivity contribution < 1.29 is 27.9 Å². The van der Waals surface area contributed by atoms with Gasteiger partial charge in [-0.25, -0.2) is 9.48 Å². The summed E-state index contributed by atoms with van der Waals surface area (Å²) in [7, 11) is 0. The van der Waals surface area contributed by atoms with Gasteiger partial charge in [0.15, 0.2) is 5.69 Å². The summed E-state index contributed by atoms with van der Waals surface area (Å²) in [5.74, 6) is -2.33. The van der Waals surface area contributed by atoms with Gasteiger partial charge in [-0.2, -0.15) is 28.4 Å². The molecule has 1 N–H and O–H groups in total. The number of aromatic nitrogens is 2. The van der Waals surface area contributed by atoms with Crippen molar-refractivity contribution in [3.63, 3.8) is 0 Å². The molecule has 0 atom stereocenters. The van der Waals surface area contributed by atoms with Crippen molar-refractivity contribution in [2.75, 3.05) is 5.01 Å². The number of hydrogen-bond acceptors (Lipinski definition) is 5. The molecule has 0 aliphatic rings. The fourth-order valence-electron chi connectivity index (χ4n) is 3.45. The van der Waals surface area contributed by atoms with Gasteiger partial charge in [0.1, 0.15) is 6.54 Å². The van der Waals surface area contributed by atoms with Crippen LogP contribution in [0.15, 0.2) is 88.8 Å². The Labute approximate surface area is 201 Å². The molecule has 36 heavy (non-hydrogen) atoms. The van der Waals surface area contributed by atoms with E-state index in [1.165, 1.54) is 30.5 Å². The van der Waals surface area contributed by atoms with Crippen LogP contribution in [0.1, 0.15) is 21.6 Å². The van der Waals surface area contributed by atoms with Crippen LogP contribution in [0.25, 0.3) is 10.8 Å². The minimum atomic E-state index is -4.67. The number of carbonyl (C=O) groups excluding carboxylic acids is 1. The molecule has 0 aliphatic carbocycles. The molecule has 0 unspecified atom stereocenters. The second-order valence-electron chi connectivity index (χ2n) is 7.57. The van der Waals surface area contributed by atoms with Crippen molar-refractivity contribution >= 4 is 34.6 Å². The van der Waals surface area contributed by atoms with E-state index in [2.05, 4.69) is 10.2 Å². The number of hydrazone groups is 1. The standard InChI is InChI=1S/C25H17F3N4O4/c26-25(27,28)17-9-6-10-18(13-17)32(29-14-16-7-2-1-3-8-16)21(33)15-31-23(34)20-12-5-4-11-19(20)22(30-31)24(35)36/h1-14H,15H2,(H,35,36)/b29-14+. The number of carbonyl (C=O) groups is 2. The molecular formula is C25H17F3N4O4. The number of amides is 1. The van der Waals surface area contributed by atoms with Gasteiger partial charge < -0.3 is 5.11 Å². The Balaban J connectivity index is 1.78. The van der Waals surface area contributed by atoms with Crippen LogP contribution in [0.4, 0.5) is 18.9 Å². The van der Waals surface area contributed by atoms with E-state index in [1.54, 1.807) is 36.4 Å². The summed E-state index contributed by atoms with van der Waals surface area (Å²) in [6, 6.07) is 18.4. The lowest BCUT2D eigenvalue weighted by Gasteiger charge is -2.19. The number of nitrogens with zero attached hydrogens (tertiary/aromatic N) is 4. The Morgan fingerprint density at radius 1 is 0.972 bits per heavy atom. The van der Waals surface area contributed by atoms with E-state index in [-0.39, 0.29) is 16.5 Å². The Hall–Kier alpha value is -4.80. The molecule has 0 spiro atoms. The van der Waals surface area contributed by atoms with Crippen molar-refractivity contribution in [3.8, 4) is 0 Å². The summed E-state index contributed by atoms with van der Waals surface area (Å²) in [5.41, 5.74) is -1.82. The number of rotatable bonds is 6. The Bertz CT molecular complexity index is 1530. The smallest absolute Gasteiger partial charge is 0.416 e. The van der Waals surface area contributed by atoms with Gasteiger partial charge in [0.25, 0.3) is 11.5 Å². The fraction of sp³-hybridized carbons (Fsp3) is 0.0800. The molecule has 0 fully saturated rings. The molecule has 4 aromatic rings. The first-order valence-electron chi connectivity index (χ1n) is 10.5. The molecule has 8 nitrogen and oxygen atoms in total. The van der Waals surface area contributed by atoms with Gasteiger partial charge in [0, 0.05) is 5.39 Å². The summed E-state index contributed by atoms with van der Waals surface area (Å²) in [5, 5.41) is 18.2. The quantitative estimate of drug-likeness (QED) is 0.320. The lowest BCUT2D eigenvalue weighted by atomic mass is 10.1. The predicted molar refractivity (Wildman–Crippen MR) is 126 cm³/mol. The highest BCUT2D eigenvalue weighted by Gasteiger charge is 2.31. The Morgan fingerprint density at radius 2 is 1.64 bits per heavy atom. The lowest BCUT2D eigenvalue weighted by Crippen LogP contribution is -2.35. The normalized spacial score (nSPS) is 11.6. The second-order valence-corrected chi connectivity index (χ2v) is 7.57. The van der Waals surface area contributed by atoms with Crippen LogP contribution in [-0.2, 0) is 17.5 Å². The Morgan fingerprint density at radius 3 is 2.31 bits per heavy atom. The summed E-state index contributed by atoms with van der Waals surface area (Å²) in [6.07, 6.45) is -3.39. The molecular weight excluding hydrogens is 477 g/mol. The Kier molecular flexibility index (Phi) is 6.64. The van der Waals surface area contributed by atoms with Crippen LogP contribution in [0, 0.1) is 0 Å². The molecule has 0 bridgehead atoms. The fourth-order valence-corrected chi connectivity index (χ4v) is 3.45. The average molecular weight is 494 g/mol. The molecule has 0 saturated carbocycles. The first-order valence-corrected chi connectivity index (χ1v) is 10.5. The largest absolute Gasteiger partial charge is 0.476 e. The van der Waals surface area contributed by atoms with Gasteiger partial charge in [-0.05, 0) is 29.8 Å². The summed E-state index contributed by atoms with van der Waals surface area (Å²) < 4.78 is 40.6. The van der Waals surface area contributed by atoms with E-state index in [9.17, 15) is 32.7 Å². The number of benzene rings is 3. The summed E-state index contributed by atoms with van der Waals surface area (Å²) in [6.45, 7) is -0.772. The molecule has 0 saturated heterocycles. The monoisotopic (exact) mass is 494 g/mol. The number of fused-ring (bicyclic) bond motifs is 1. The van der Waals surface area contributed by atoms with Gasteiger partial charge in [-0.15, -0.1) is 0 Å². The minimum Gasteiger partial charge on any atom is -0.476 e. The maximum absolute atomic E-state index is 13.3. The first-order chi connectivity index (χ1) is 17.1. The highest BCUT2D eigenvalue weighted by molar-refractivity contribution is 6.01. The van der Waals surface area contributed by atoms with Crippen LogP contribution in [0.3, 0.4) is 0 Å². The molecule has 182 valence electrons. The lowest BCUT2D eigenvalue weighted by molar-refractivity contribution is -0.137. The first kappa shape index (κ1) is 24.3. The number of hydrogen-bond donors (Lipinski definition) is 1. The maximum atomic E-state index is 13.3. The number of halogens is 3. The molecule has 3 aromatic carbocycles. The SMILES string of the molecule is O=C(O)c1nn(CC(=O)N(/N=C/c2ccccc2)c2cccc(C(F)(F)F)c2)c(=O)c2ccccc12. The van der Waals surface area contributed by atoms with Crippen molar-refractivity contribution in [1.29, 1.82) is 0 Å². The molecule has 1 aromatic heterocycles. The number of alkyl halides is 3. The van der Waals surface area contributed by atoms with Crippen LogP contribution in [0.5, 0.6) is 0 Å². The van der Waals surface area contributed by atoms with E-state index in [0.29, 0.717) is 15.3 Å². The van der Waals surface area contributed by atoms with E-state index in [0.717, 1.165) is 18.2 Å². The molecule has 1 amide bonds. The van der Waals surface area contributed by atoms with E-state index < -0.39 is 41.4 Å². The highest BCUT2D eigenvalue weighted by atomic mass is 19.4. The van der Waals surface area contributed by atoms with Crippen molar-refractivity contribution in [2.45, 2.75) is 12.7 Å². The highest BCUT2D eigenvalue weighted by Crippen LogP contribution is 2.32. The molecule has 4 rings (SSSR count). The summed E-state index contributed by atoms with van der Waals surface area (Å²) in [4.78, 5) is 37.9. The molecule has 1 heterocycles. The molecule has 11 heteroatoms. The van der Waals surface area contributed by atoms with Gasteiger partial charge >= 0.3 is 12.1 Å². The second kappa shape index (κ2) is 9.82. The summed E-state index contributed by atoms with van der Waals surface area (Å²) >= 11 is 0. The van der Waals surface area contributed by atoms with Crippen molar-refractivity contribution in [1.82, 2.24) is 9.78 Å². The zero-order chi connectivity index (χ0) is 25.9. The van der Waals surface area contributed by atoms with Crippen LogP contribution in [0.2, 0.25) is 0 Å². The van der Waals surface area contributed by atoms with Crippen molar-refractivity contribution in [3.05, 3.63) is 106 Å². The van der Waals surface area contributed by atoms with Crippen LogP contribution in [-0.4, -0.2) is 33.0 Å². The zero-order valence-corrected chi connectivity index (χ0v) is 18.4.